The van der Waals surface area contributed by atoms with Gasteiger partial charge in [-0.3, -0.25) is 19.1 Å². The number of nitrogens with zero attached hydrogens (tertiary/aromatic N) is 3. The fraction of sp³-hybridized carbons (Fsp3) is 0.0714. The van der Waals surface area contributed by atoms with Crippen molar-refractivity contribution in [3.8, 4) is 18.0 Å². The fourth-order valence-corrected chi connectivity index (χ4v) is 4.29. The number of aromatic nitrogens is 3. The number of hydrogen-bond acceptors (Lipinski definition) is 5. The minimum Gasteiger partial charge on any atom is -0.383 e. The lowest BCUT2D eigenvalue weighted by Gasteiger charge is -2.21. The molecule has 0 radical (unpaired) electrons. The van der Waals surface area contributed by atoms with E-state index in [9.17, 15) is 9.59 Å². The smallest absolute Gasteiger partial charge is 0.264 e. The van der Waals surface area contributed by atoms with Crippen molar-refractivity contribution in [2.24, 2.45) is 0 Å². The zero-order valence-electron chi connectivity index (χ0n) is 18.9. The monoisotopic (exact) mass is 459 g/mol. The van der Waals surface area contributed by atoms with Gasteiger partial charge < -0.3 is 11.1 Å². The topological polar surface area (TPSA) is 103 Å². The average molecular weight is 460 g/mol. The number of carbonyl (C=O) groups excluding carboxylic acids is 1. The third kappa shape index (κ3) is 3.77. The number of nitrogens with one attached hydrogen (secondary N) is 1. The largest absolute Gasteiger partial charge is 0.383 e. The van der Waals surface area contributed by atoms with Crippen LogP contribution in [0.1, 0.15) is 34.6 Å². The number of nitrogen functional groups attached to an aromatic ring is 1. The maximum absolute atomic E-state index is 13.7. The number of nitrogens with two attached hydrogens (primary N) is 1. The van der Waals surface area contributed by atoms with Crippen LogP contribution >= 0.6 is 0 Å². The molecule has 0 fully saturated rings. The van der Waals surface area contributed by atoms with Gasteiger partial charge in [0.05, 0.1) is 16.9 Å². The highest BCUT2D eigenvalue weighted by atomic mass is 16.2. The van der Waals surface area contributed by atoms with Gasteiger partial charge in [-0.05, 0) is 48.7 Å². The Morgan fingerprint density at radius 2 is 1.83 bits per heavy atom. The summed E-state index contributed by atoms with van der Waals surface area (Å²) in [6, 6.07) is 19.5. The molecule has 1 amide bonds. The molecule has 7 heteroatoms. The van der Waals surface area contributed by atoms with E-state index in [1.165, 1.54) is 0 Å². The van der Waals surface area contributed by atoms with Crippen LogP contribution in [0, 0.1) is 12.3 Å². The molecular formula is C28H21N5O2. The molecule has 35 heavy (non-hydrogen) atoms. The summed E-state index contributed by atoms with van der Waals surface area (Å²) in [6.07, 6.45) is 8.86. The zero-order chi connectivity index (χ0) is 24.5. The summed E-state index contributed by atoms with van der Waals surface area (Å²) in [5, 5.41) is 4.83. The Morgan fingerprint density at radius 3 is 2.60 bits per heavy atom. The van der Waals surface area contributed by atoms with Crippen LogP contribution < -0.4 is 16.6 Å². The molecule has 3 heterocycles. The number of terminal acetylenes is 1. The van der Waals surface area contributed by atoms with E-state index in [0.717, 1.165) is 0 Å². The first-order chi connectivity index (χ1) is 17.0. The number of fused-ring (bicyclic) bond motifs is 2. The molecule has 2 aromatic carbocycles. The molecule has 0 aliphatic carbocycles. The van der Waals surface area contributed by atoms with Gasteiger partial charge in [0, 0.05) is 34.7 Å². The lowest BCUT2D eigenvalue weighted by molar-refractivity contribution is 0.0941. The van der Waals surface area contributed by atoms with Crippen molar-refractivity contribution in [1.29, 1.82) is 0 Å². The van der Waals surface area contributed by atoms with Crippen LogP contribution in [0.15, 0.2) is 83.9 Å². The van der Waals surface area contributed by atoms with Crippen LogP contribution in [-0.4, -0.2) is 20.4 Å². The quantitative estimate of drug-likeness (QED) is 0.396. The first-order valence-corrected chi connectivity index (χ1v) is 11.0. The zero-order valence-corrected chi connectivity index (χ0v) is 18.9. The predicted octanol–water partition coefficient (Wildman–Crippen LogP) is 3.99. The Hall–Kier alpha value is -4.96. The third-order valence-electron chi connectivity index (χ3n) is 5.94. The molecule has 5 aromatic rings. The highest BCUT2D eigenvalue weighted by Crippen LogP contribution is 2.25. The molecule has 0 bridgehead atoms. The summed E-state index contributed by atoms with van der Waals surface area (Å²) in [4.78, 5) is 35.6. The third-order valence-corrected chi connectivity index (χ3v) is 5.94. The van der Waals surface area contributed by atoms with E-state index in [-0.39, 0.29) is 16.9 Å². The van der Waals surface area contributed by atoms with E-state index in [1.54, 1.807) is 29.1 Å². The van der Waals surface area contributed by atoms with Gasteiger partial charge in [0.1, 0.15) is 11.4 Å². The lowest BCUT2D eigenvalue weighted by Crippen LogP contribution is -2.33. The molecule has 0 saturated heterocycles. The number of amides is 1. The molecule has 3 aromatic heterocycles. The average Bonchev–Trinajstić information content (AvgIpc) is 2.88. The van der Waals surface area contributed by atoms with Gasteiger partial charge in [0.2, 0.25) is 0 Å². The van der Waals surface area contributed by atoms with Crippen LogP contribution in [0.5, 0.6) is 0 Å². The van der Waals surface area contributed by atoms with E-state index < -0.39 is 11.9 Å². The number of carbonyl (C=O) groups is 1. The molecule has 3 N–H and O–H groups in total. The van der Waals surface area contributed by atoms with Crippen molar-refractivity contribution in [3.05, 3.63) is 106 Å². The van der Waals surface area contributed by atoms with Crippen LogP contribution in [-0.2, 0) is 0 Å². The van der Waals surface area contributed by atoms with Gasteiger partial charge in [0.25, 0.3) is 11.5 Å². The summed E-state index contributed by atoms with van der Waals surface area (Å²) >= 11 is 0. The standard InChI is InChI=1S/C28H21N5O2/c1-3-18-9-7-10-19-15-22(33(28(35)23(18)19)21-12-5-4-6-13-21)17(2)32-27(34)24-25-20(11-8-14-30-25)16-31-26(24)29/h1,4-17H,2H3,(H2,29,31)(H,32,34)/t17-/m1/s1. The van der Waals surface area contributed by atoms with Gasteiger partial charge in [-0.1, -0.05) is 36.3 Å². The summed E-state index contributed by atoms with van der Waals surface area (Å²) in [7, 11) is 0. The maximum Gasteiger partial charge on any atom is 0.264 e. The highest BCUT2D eigenvalue weighted by Gasteiger charge is 2.22. The van der Waals surface area contributed by atoms with Crippen molar-refractivity contribution in [3.63, 3.8) is 0 Å². The second-order valence-corrected chi connectivity index (χ2v) is 8.11. The number of para-hydroxylation sites is 1. The van der Waals surface area contributed by atoms with Crippen LogP contribution in [0.3, 0.4) is 0 Å². The van der Waals surface area contributed by atoms with E-state index in [1.807, 2.05) is 61.5 Å². The van der Waals surface area contributed by atoms with Crippen molar-refractivity contribution in [2.75, 3.05) is 5.73 Å². The molecule has 5 rings (SSSR count). The molecule has 0 saturated carbocycles. The number of anilines is 1. The fourth-order valence-electron chi connectivity index (χ4n) is 4.29. The van der Waals surface area contributed by atoms with E-state index >= 15 is 0 Å². The number of pyridine rings is 3. The van der Waals surface area contributed by atoms with E-state index in [4.69, 9.17) is 12.2 Å². The minimum atomic E-state index is -0.562. The van der Waals surface area contributed by atoms with Gasteiger partial charge in [-0.2, -0.15) is 0 Å². The summed E-state index contributed by atoms with van der Waals surface area (Å²) in [6.45, 7) is 1.81. The van der Waals surface area contributed by atoms with Crippen molar-refractivity contribution < 1.29 is 4.79 Å². The number of hydrogen-bond donors (Lipinski definition) is 2. The normalized spacial score (nSPS) is 11.8. The van der Waals surface area contributed by atoms with Gasteiger partial charge in [-0.25, -0.2) is 4.98 Å². The Labute approximate surface area is 201 Å². The van der Waals surface area contributed by atoms with Crippen molar-refractivity contribution in [2.45, 2.75) is 13.0 Å². The maximum atomic E-state index is 13.7. The molecule has 1 atom stereocenters. The summed E-state index contributed by atoms with van der Waals surface area (Å²) in [5.41, 5.74) is 8.23. The molecule has 0 spiro atoms. The minimum absolute atomic E-state index is 0.0820. The first kappa shape index (κ1) is 21.9. The predicted molar refractivity (Wildman–Crippen MR) is 137 cm³/mol. The van der Waals surface area contributed by atoms with Crippen LogP contribution in [0.25, 0.3) is 27.4 Å². The Balaban J connectivity index is 1.66. The molecule has 0 unspecified atom stereocenters. The molecular weight excluding hydrogens is 438 g/mol. The number of rotatable bonds is 4. The SMILES string of the molecule is C#Cc1cccc2cc([C@@H](C)NC(=O)c3c(N)ncc4cccnc34)n(-c3ccccc3)c(=O)c12. The lowest BCUT2D eigenvalue weighted by atomic mass is 10.0. The molecule has 7 nitrogen and oxygen atoms in total. The molecule has 0 aliphatic heterocycles. The first-order valence-electron chi connectivity index (χ1n) is 11.0. The highest BCUT2D eigenvalue weighted by molar-refractivity contribution is 6.09. The van der Waals surface area contributed by atoms with Crippen molar-refractivity contribution in [1.82, 2.24) is 19.9 Å². The Morgan fingerprint density at radius 1 is 1.06 bits per heavy atom. The van der Waals surface area contributed by atoms with E-state index in [2.05, 4.69) is 21.2 Å². The van der Waals surface area contributed by atoms with Gasteiger partial charge in [-0.15, -0.1) is 6.42 Å². The van der Waals surface area contributed by atoms with Crippen LogP contribution in [0.4, 0.5) is 5.82 Å². The Kier molecular flexibility index (Phi) is 5.47. The van der Waals surface area contributed by atoms with Crippen molar-refractivity contribution >= 4 is 33.4 Å². The second kappa shape index (κ2) is 8.76. The van der Waals surface area contributed by atoms with Crippen LogP contribution in [0.2, 0.25) is 0 Å². The van der Waals surface area contributed by atoms with E-state index in [0.29, 0.717) is 38.6 Å². The molecule has 170 valence electrons. The number of benzene rings is 2. The Bertz CT molecular complexity index is 1700. The molecule has 0 aliphatic rings. The summed E-state index contributed by atoms with van der Waals surface area (Å²) < 4.78 is 1.58. The van der Waals surface area contributed by atoms with Gasteiger partial charge >= 0.3 is 0 Å². The summed E-state index contributed by atoms with van der Waals surface area (Å²) in [5.74, 6) is 2.25. The van der Waals surface area contributed by atoms with Gasteiger partial charge in [0.15, 0.2) is 0 Å². The second-order valence-electron chi connectivity index (χ2n) is 8.11.